The van der Waals surface area contributed by atoms with Crippen LogP contribution in [0.1, 0.15) is 66.7 Å². The molecule has 2 heteroatoms. The highest BCUT2D eigenvalue weighted by atomic mass is 16.5. The molecule has 2 fully saturated rings. The summed E-state index contributed by atoms with van der Waals surface area (Å²) < 4.78 is 6.73. The van der Waals surface area contributed by atoms with Gasteiger partial charge in [0.2, 0.25) is 0 Å². The standard InChI is InChI=1S/C16H31NO/c1-6-15(5)11-17-12-16(18-15)10-8-7-9-13(16)14(2,3)4/h13,17H,6-12H2,1-5H3. The molecule has 0 radical (unpaired) electrons. The maximum Gasteiger partial charge on any atom is 0.0847 e. The lowest BCUT2D eigenvalue weighted by Gasteiger charge is -2.56. The van der Waals surface area contributed by atoms with Crippen LogP contribution in [0, 0.1) is 11.3 Å². The number of hydrogen-bond donors (Lipinski definition) is 1. The summed E-state index contributed by atoms with van der Waals surface area (Å²) in [6, 6.07) is 0. The summed E-state index contributed by atoms with van der Waals surface area (Å²) in [7, 11) is 0. The summed E-state index contributed by atoms with van der Waals surface area (Å²) in [5.41, 5.74) is 0.451. The molecule has 18 heavy (non-hydrogen) atoms. The third kappa shape index (κ3) is 2.60. The van der Waals surface area contributed by atoms with Crippen molar-refractivity contribution < 1.29 is 4.74 Å². The summed E-state index contributed by atoms with van der Waals surface area (Å²) in [4.78, 5) is 0. The monoisotopic (exact) mass is 253 g/mol. The van der Waals surface area contributed by atoms with Gasteiger partial charge in [0, 0.05) is 13.1 Å². The molecular formula is C16H31NO. The number of nitrogens with one attached hydrogen (secondary N) is 1. The Morgan fingerprint density at radius 2 is 1.94 bits per heavy atom. The minimum atomic E-state index is 0.0269. The Balaban J connectivity index is 2.25. The van der Waals surface area contributed by atoms with Gasteiger partial charge in [-0.3, -0.25) is 0 Å². The first kappa shape index (κ1) is 14.3. The van der Waals surface area contributed by atoms with Gasteiger partial charge >= 0.3 is 0 Å². The lowest BCUT2D eigenvalue weighted by Crippen LogP contribution is -2.64. The SMILES string of the molecule is CCC1(C)CNCC2(CCCCC2C(C)(C)C)O1. The molecule has 1 heterocycles. The van der Waals surface area contributed by atoms with Crippen molar-refractivity contribution in [2.45, 2.75) is 77.9 Å². The molecule has 2 rings (SSSR count). The molecule has 1 saturated heterocycles. The zero-order valence-electron chi connectivity index (χ0n) is 12.9. The number of hydrogen-bond acceptors (Lipinski definition) is 2. The van der Waals surface area contributed by atoms with Gasteiger partial charge in [0.15, 0.2) is 0 Å². The van der Waals surface area contributed by atoms with Crippen LogP contribution in [0.3, 0.4) is 0 Å². The Bertz CT molecular complexity index is 292. The molecule has 2 nitrogen and oxygen atoms in total. The predicted octanol–water partition coefficient (Wildman–Crippen LogP) is 3.75. The van der Waals surface area contributed by atoms with E-state index in [0.29, 0.717) is 11.3 Å². The fraction of sp³-hybridized carbons (Fsp3) is 1.00. The lowest BCUT2D eigenvalue weighted by molar-refractivity contribution is -0.223. The maximum absolute atomic E-state index is 6.73. The average Bonchev–Trinajstić information content (AvgIpc) is 2.28. The van der Waals surface area contributed by atoms with Crippen molar-refractivity contribution in [3.05, 3.63) is 0 Å². The van der Waals surface area contributed by atoms with Gasteiger partial charge in [0.05, 0.1) is 11.2 Å². The maximum atomic E-state index is 6.73. The van der Waals surface area contributed by atoms with Crippen molar-refractivity contribution in [2.24, 2.45) is 11.3 Å². The third-order valence-electron chi connectivity index (χ3n) is 5.14. The van der Waals surface area contributed by atoms with E-state index >= 15 is 0 Å². The highest BCUT2D eigenvalue weighted by Gasteiger charge is 2.51. The van der Waals surface area contributed by atoms with E-state index in [1.807, 2.05) is 0 Å². The van der Waals surface area contributed by atoms with Crippen molar-refractivity contribution in [3.63, 3.8) is 0 Å². The van der Waals surface area contributed by atoms with E-state index in [9.17, 15) is 0 Å². The quantitative estimate of drug-likeness (QED) is 0.768. The Hall–Kier alpha value is -0.0800. The third-order valence-corrected chi connectivity index (χ3v) is 5.14. The van der Waals surface area contributed by atoms with Crippen molar-refractivity contribution in [1.82, 2.24) is 5.32 Å². The highest BCUT2D eigenvalue weighted by molar-refractivity contribution is 5.03. The van der Waals surface area contributed by atoms with E-state index in [0.717, 1.165) is 19.5 Å². The first-order valence-electron chi connectivity index (χ1n) is 7.72. The molecular weight excluding hydrogens is 222 g/mol. The van der Waals surface area contributed by atoms with Crippen LogP contribution < -0.4 is 5.32 Å². The Labute approximate surface area is 113 Å². The van der Waals surface area contributed by atoms with Gasteiger partial charge in [0.1, 0.15) is 0 Å². The minimum Gasteiger partial charge on any atom is -0.366 e. The summed E-state index contributed by atoms with van der Waals surface area (Å²) >= 11 is 0. The second-order valence-electron chi connectivity index (χ2n) is 7.74. The van der Waals surface area contributed by atoms with Crippen LogP contribution in [0.5, 0.6) is 0 Å². The van der Waals surface area contributed by atoms with Crippen LogP contribution in [-0.4, -0.2) is 24.3 Å². The summed E-state index contributed by atoms with van der Waals surface area (Å²) in [5, 5.41) is 3.66. The smallest absolute Gasteiger partial charge is 0.0847 e. The molecule has 0 aromatic carbocycles. The van der Waals surface area contributed by atoms with E-state index in [-0.39, 0.29) is 11.2 Å². The van der Waals surface area contributed by atoms with Crippen molar-refractivity contribution >= 4 is 0 Å². The van der Waals surface area contributed by atoms with Crippen LogP contribution in [0.4, 0.5) is 0 Å². The van der Waals surface area contributed by atoms with E-state index < -0.39 is 0 Å². The normalized spacial score (nSPS) is 42.2. The van der Waals surface area contributed by atoms with Crippen LogP contribution in [-0.2, 0) is 4.74 Å². The zero-order valence-corrected chi connectivity index (χ0v) is 12.9. The molecule has 0 aromatic heterocycles. The fourth-order valence-corrected chi connectivity index (χ4v) is 4.06. The molecule has 0 aromatic rings. The Morgan fingerprint density at radius 1 is 1.22 bits per heavy atom. The number of rotatable bonds is 1. The Kier molecular flexibility index (Phi) is 3.81. The fourth-order valence-electron chi connectivity index (χ4n) is 4.06. The molecule has 106 valence electrons. The van der Waals surface area contributed by atoms with Crippen LogP contribution in [0.25, 0.3) is 0 Å². The van der Waals surface area contributed by atoms with Crippen LogP contribution in [0.15, 0.2) is 0 Å². The van der Waals surface area contributed by atoms with Crippen molar-refractivity contribution in [3.8, 4) is 0 Å². The summed E-state index contributed by atoms with van der Waals surface area (Å²) in [5.74, 6) is 0.678. The minimum absolute atomic E-state index is 0.0269. The lowest BCUT2D eigenvalue weighted by atomic mass is 9.63. The predicted molar refractivity (Wildman–Crippen MR) is 76.8 cm³/mol. The molecule has 2 aliphatic rings. The molecule has 1 spiro atoms. The second-order valence-corrected chi connectivity index (χ2v) is 7.74. The number of morpholine rings is 1. The van der Waals surface area contributed by atoms with Gasteiger partial charge in [-0.05, 0) is 37.5 Å². The zero-order chi connectivity index (χ0) is 13.4. The molecule has 3 atom stereocenters. The van der Waals surface area contributed by atoms with E-state index in [2.05, 4.69) is 39.9 Å². The van der Waals surface area contributed by atoms with Gasteiger partial charge in [-0.25, -0.2) is 0 Å². The van der Waals surface area contributed by atoms with Crippen molar-refractivity contribution in [1.29, 1.82) is 0 Å². The molecule has 1 N–H and O–H groups in total. The Morgan fingerprint density at radius 3 is 2.56 bits per heavy atom. The van der Waals surface area contributed by atoms with Gasteiger partial charge in [-0.2, -0.15) is 0 Å². The number of ether oxygens (including phenoxy) is 1. The molecule has 3 unspecified atom stereocenters. The van der Waals surface area contributed by atoms with E-state index in [1.54, 1.807) is 0 Å². The average molecular weight is 253 g/mol. The highest BCUT2D eigenvalue weighted by Crippen LogP contribution is 2.49. The molecule has 0 bridgehead atoms. The summed E-state index contributed by atoms with van der Waals surface area (Å²) in [6.45, 7) is 13.7. The van der Waals surface area contributed by atoms with Gasteiger partial charge in [-0.1, -0.05) is 40.5 Å². The first-order valence-corrected chi connectivity index (χ1v) is 7.72. The van der Waals surface area contributed by atoms with Gasteiger partial charge < -0.3 is 10.1 Å². The van der Waals surface area contributed by atoms with E-state index in [4.69, 9.17) is 4.74 Å². The molecule has 1 aliphatic carbocycles. The van der Waals surface area contributed by atoms with E-state index in [1.165, 1.54) is 25.7 Å². The van der Waals surface area contributed by atoms with Gasteiger partial charge in [0.25, 0.3) is 0 Å². The topological polar surface area (TPSA) is 21.3 Å². The largest absolute Gasteiger partial charge is 0.366 e. The van der Waals surface area contributed by atoms with Crippen LogP contribution in [0.2, 0.25) is 0 Å². The van der Waals surface area contributed by atoms with Gasteiger partial charge in [-0.15, -0.1) is 0 Å². The first-order chi connectivity index (χ1) is 8.31. The van der Waals surface area contributed by atoms with Crippen LogP contribution >= 0.6 is 0 Å². The molecule has 1 saturated carbocycles. The molecule has 0 amide bonds. The van der Waals surface area contributed by atoms with Crippen molar-refractivity contribution in [2.75, 3.05) is 13.1 Å². The molecule has 1 aliphatic heterocycles. The summed E-state index contributed by atoms with van der Waals surface area (Å²) in [6.07, 6.45) is 6.35. The second kappa shape index (κ2) is 4.79.